The average Bonchev–Trinajstić information content (AvgIpc) is 2.48. The van der Waals surface area contributed by atoms with Crippen molar-refractivity contribution in [2.24, 2.45) is 5.73 Å². The molecule has 0 saturated carbocycles. The molecule has 22 heavy (non-hydrogen) atoms. The Morgan fingerprint density at radius 2 is 1.73 bits per heavy atom. The number of carboxylic acid groups (broad SMARTS) is 1. The zero-order chi connectivity index (χ0) is 16.5. The molecule has 0 bridgehead atoms. The van der Waals surface area contributed by atoms with Crippen molar-refractivity contribution in [1.29, 1.82) is 0 Å². The van der Waals surface area contributed by atoms with E-state index in [1.807, 2.05) is 54.6 Å². The molecular weight excluding hydrogens is 302 g/mol. The summed E-state index contributed by atoms with van der Waals surface area (Å²) in [5, 5.41) is 19.7. The van der Waals surface area contributed by atoms with Crippen LogP contribution in [0.25, 0.3) is 0 Å². The summed E-state index contributed by atoms with van der Waals surface area (Å²) in [7, 11) is 0. The van der Waals surface area contributed by atoms with Crippen LogP contribution in [0.1, 0.15) is 24.0 Å². The minimum absolute atomic E-state index is 0.144. The van der Waals surface area contributed by atoms with Crippen LogP contribution in [0.3, 0.4) is 0 Å². The van der Waals surface area contributed by atoms with Gasteiger partial charge in [0.2, 0.25) is 0 Å². The number of hydrogen-bond donors (Lipinski definition) is 2. The maximum absolute atomic E-state index is 10.1. The van der Waals surface area contributed by atoms with Gasteiger partial charge in [0.25, 0.3) is 0 Å². The number of benzene rings is 2. The summed E-state index contributed by atoms with van der Waals surface area (Å²) in [5.74, 6) is -1.23. The van der Waals surface area contributed by atoms with Gasteiger partial charge in [-0.2, -0.15) is 0 Å². The highest BCUT2D eigenvalue weighted by Crippen LogP contribution is 2.29. The molecule has 0 aliphatic heterocycles. The molecule has 2 aromatic carbocycles. The molecule has 2 atom stereocenters. The van der Waals surface area contributed by atoms with Gasteiger partial charge in [0.05, 0.1) is 6.10 Å². The van der Waals surface area contributed by atoms with Gasteiger partial charge in [0.1, 0.15) is 0 Å². The number of rotatable bonds is 4. The maximum Gasteiger partial charge on any atom is 0.0771 e. The maximum atomic E-state index is 10.1. The fourth-order valence-corrected chi connectivity index (χ4v) is 2.33. The molecule has 0 heterocycles. The molecule has 0 spiro atoms. The molecule has 5 heteroatoms. The molecule has 2 aromatic rings. The predicted molar refractivity (Wildman–Crippen MR) is 85.5 cm³/mol. The number of carbonyl (C=O) groups is 1. The Morgan fingerprint density at radius 3 is 2.23 bits per heavy atom. The van der Waals surface area contributed by atoms with Gasteiger partial charge in [-0.3, -0.25) is 0 Å². The second-order valence-electron chi connectivity index (χ2n) is 4.74. The van der Waals surface area contributed by atoms with Crippen molar-refractivity contribution in [2.75, 3.05) is 6.54 Å². The lowest BCUT2D eigenvalue weighted by molar-refractivity contribution is -0.302. The fraction of sp³-hybridized carbons (Fsp3) is 0.235. The van der Waals surface area contributed by atoms with Crippen LogP contribution in [0.2, 0.25) is 5.02 Å². The van der Waals surface area contributed by atoms with Gasteiger partial charge in [0.15, 0.2) is 0 Å². The summed E-state index contributed by atoms with van der Waals surface area (Å²) in [5.41, 5.74) is 7.62. The van der Waals surface area contributed by atoms with E-state index in [2.05, 4.69) is 0 Å². The molecule has 4 nitrogen and oxygen atoms in total. The molecule has 118 valence electrons. The smallest absolute Gasteiger partial charge is 0.0771 e. The molecule has 2 rings (SSSR count). The minimum Gasteiger partial charge on any atom is -0.550 e. The topological polar surface area (TPSA) is 86.4 Å². The van der Waals surface area contributed by atoms with Crippen molar-refractivity contribution in [1.82, 2.24) is 0 Å². The highest BCUT2D eigenvalue weighted by atomic mass is 35.5. The monoisotopic (exact) mass is 320 g/mol. The summed E-state index contributed by atoms with van der Waals surface area (Å²) < 4.78 is 0. The molecule has 0 radical (unpaired) electrons. The van der Waals surface area contributed by atoms with Crippen LogP contribution in [-0.2, 0) is 4.79 Å². The van der Waals surface area contributed by atoms with Crippen LogP contribution in [0.15, 0.2) is 54.6 Å². The van der Waals surface area contributed by atoms with Gasteiger partial charge in [0, 0.05) is 23.5 Å². The van der Waals surface area contributed by atoms with Crippen molar-refractivity contribution in [3.63, 3.8) is 0 Å². The number of aliphatic carboxylic acids is 1. The van der Waals surface area contributed by atoms with E-state index in [-0.39, 0.29) is 12.5 Å². The molecule has 0 aliphatic carbocycles. The van der Waals surface area contributed by atoms with Crippen LogP contribution in [0.4, 0.5) is 0 Å². The Labute approximate surface area is 135 Å². The minimum atomic E-state index is -1.08. The van der Waals surface area contributed by atoms with Gasteiger partial charge in [-0.25, -0.2) is 0 Å². The molecule has 0 saturated heterocycles. The summed E-state index contributed by atoms with van der Waals surface area (Å²) in [6.07, 6.45) is -0.620. The Morgan fingerprint density at radius 1 is 1.18 bits per heavy atom. The standard InChI is InChI=1S/C15H16ClNO.C2H4O2/c16-13-8-4-7-12(9-13)15(14(18)10-17)11-5-2-1-3-6-11;1-2(3)4/h1-9,14-15,18H,10,17H2;1H3,(H,3,4)/p-1. The number of aliphatic hydroxyl groups is 1. The normalized spacial score (nSPS) is 12.7. The zero-order valence-electron chi connectivity index (χ0n) is 12.3. The molecule has 0 aliphatic rings. The van der Waals surface area contributed by atoms with Crippen molar-refractivity contribution < 1.29 is 15.0 Å². The van der Waals surface area contributed by atoms with E-state index in [4.69, 9.17) is 27.2 Å². The van der Waals surface area contributed by atoms with Gasteiger partial charge < -0.3 is 20.7 Å². The third-order valence-electron chi connectivity index (χ3n) is 2.99. The largest absolute Gasteiger partial charge is 0.550 e. The van der Waals surface area contributed by atoms with Crippen molar-refractivity contribution in [3.05, 3.63) is 70.7 Å². The Bertz CT molecular complexity index is 585. The number of carboxylic acids is 1. The van der Waals surface area contributed by atoms with E-state index in [1.54, 1.807) is 0 Å². The zero-order valence-corrected chi connectivity index (χ0v) is 13.0. The highest BCUT2D eigenvalue weighted by molar-refractivity contribution is 6.30. The summed E-state index contributed by atoms with van der Waals surface area (Å²) in [4.78, 5) is 8.89. The summed E-state index contributed by atoms with van der Waals surface area (Å²) in [6, 6.07) is 17.4. The predicted octanol–water partition coefficient (Wildman–Crippen LogP) is 1.55. The van der Waals surface area contributed by atoms with Gasteiger partial charge in [-0.1, -0.05) is 54.1 Å². The second kappa shape index (κ2) is 9.20. The van der Waals surface area contributed by atoms with Crippen molar-refractivity contribution in [3.8, 4) is 0 Å². The third kappa shape index (κ3) is 5.85. The Hall–Kier alpha value is -1.88. The first kappa shape index (κ1) is 18.2. The number of aliphatic hydroxyl groups excluding tert-OH is 1. The van der Waals surface area contributed by atoms with Gasteiger partial charge in [-0.05, 0) is 30.2 Å². The molecule has 0 aromatic heterocycles. The molecule has 3 N–H and O–H groups in total. The molecule has 0 amide bonds. The van der Waals surface area contributed by atoms with E-state index in [1.165, 1.54) is 0 Å². The van der Waals surface area contributed by atoms with Crippen LogP contribution in [-0.4, -0.2) is 23.7 Å². The molecular formula is C17H19ClNO3-. The fourth-order valence-electron chi connectivity index (χ4n) is 2.13. The Balaban J connectivity index is 0.000000541. The third-order valence-corrected chi connectivity index (χ3v) is 3.23. The van der Waals surface area contributed by atoms with E-state index >= 15 is 0 Å². The lowest BCUT2D eigenvalue weighted by Crippen LogP contribution is -2.28. The van der Waals surface area contributed by atoms with Gasteiger partial charge >= 0.3 is 0 Å². The van der Waals surface area contributed by atoms with Crippen LogP contribution in [0.5, 0.6) is 0 Å². The molecule has 0 fully saturated rings. The van der Waals surface area contributed by atoms with Crippen molar-refractivity contribution >= 4 is 17.6 Å². The number of carbonyl (C=O) groups excluding carboxylic acids is 1. The number of halogens is 1. The lowest BCUT2D eigenvalue weighted by atomic mass is 9.86. The Kier molecular flexibility index (Phi) is 7.60. The summed E-state index contributed by atoms with van der Waals surface area (Å²) >= 11 is 6.01. The number of hydrogen-bond acceptors (Lipinski definition) is 4. The van der Waals surface area contributed by atoms with E-state index < -0.39 is 12.1 Å². The quantitative estimate of drug-likeness (QED) is 0.895. The van der Waals surface area contributed by atoms with Crippen LogP contribution < -0.4 is 10.8 Å². The van der Waals surface area contributed by atoms with E-state index in [0.717, 1.165) is 18.1 Å². The van der Waals surface area contributed by atoms with Crippen molar-refractivity contribution in [2.45, 2.75) is 18.9 Å². The average molecular weight is 321 g/mol. The van der Waals surface area contributed by atoms with Crippen LogP contribution >= 0.6 is 11.6 Å². The SMILES string of the molecule is CC(=O)[O-].NCC(O)C(c1ccccc1)c1cccc(Cl)c1. The first-order valence-corrected chi connectivity index (χ1v) is 7.19. The highest BCUT2D eigenvalue weighted by Gasteiger charge is 2.21. The molecule has 2 unspecified atom stereocenters. The number of nitrogens with two attached hydrogens (primary N) is 1. The second-order valence-corrected chi connectivity index (χ2v) is 5.17. The van der Waals surface area contributed by atoms with Crippen LogP contribution in [0, 0.1) is 0 Å². The summed E-state index contributed by atoms with van der Waals surface area (Å²) in [6.45, 7) is 1.19. The van der Waals surface area contributed by atoms with E-state index in [0.29, 0.717) is 5.02 Å². The lowest BCUT2D eigenvalue weighted by Gasteiger charge is -2.23. The first-order chi connectivity index (χ1) is 10.5. The van der Waals surface area contributed by atoms with Gasteiger partial charge in [-0.15, -0.1) is 0 Å². The first-order valence-electron chi connectivity index (χ1n) is 6.81. The van der Waals surface area contributed by atoms with E-state index in [9.17, 15) is 5.11 Å².